The van der Waals surface area contributed by atoms with Gasteiger partial charge >= 0.3 is 17.8 Å². The largest absolute Gasteiger partial charge is 0.484 e. The molecule has 0 aliphatic rings. The summed E-state index contributed by atoms with van der Waals surface area (Å²) in [5, 5.41) is 19.5. The van der Waals surface area contributed by atoms with Crippen LogP contribution in [0.1, 0.15) is 10.4 Å². The van der Waals surface area contributed by atoms with Crippen LogP contribution in [0.25, 0.3) is 0 Å². The zero-order valence-electron chi connectivity index (χ0n) is 10.4. The van der Waals surface area contributed by atoms with Gasteiger partial charge in [0.1, 0.15) is 13.2 Å². The van der Waals surface area contributed by atoms with Crippen LogP contribution in [0.5, 0.6) is 5.75 Å². The van der Waals surface area contributed by atoms with Gasteiger partial charge in [-0.3, -0.25) is 10.1 Å². The zero-order valence-corrected chi connectivity index (χ0v) is 10.4. The number of carboxylic acid groups (broad SMARTS) is 1. The molecule has 0 saturated carbocycles. The maximum atomic E-state index is 11.8. The highest BCUT2D eigenvalue weighted by Gasteiger charge is 2.27. The first-order valence-electron chi connectivity index (χ1n) is 5.50. The third-order valence-corrected chi connectivity index (χ3v) is 2.15. The monoisotopic (exact) mass is 309 g/mol. The van der Waals surface area contributed by atoms with Crippen molar-refractivity contribution in [2.45, 2.75) is 6.18 Å². The standard InChI is InChI=1S/C11H10F3NO6/c12-11(13,14)6-20-3-4-21-9-2-1-7(10(16)17)5-8(9)15(18)19/h1-2,5H,3-4,6H2,(H,16,17). The quantitative estimate of drug-likeness (QED) is 0.471. The summed E-state index contributed by atoms with van der Waals surface area (Å²) in [4.78, 5) is 20.6. The Kier molecular flexibility index (Phi) is 5.47. The first-order chi connectivity index (χ1) is 9.70. The number of carbonyl (C=O) groups is 1. The average molecular weight is 309 g/mol. The molecule has 7 nitrogen and oxygen atoms in total. The highest BCUT2D eigenvalue weighted by molar-refractivity contribution is 5.88. The molecular weight excluding hydrogens is 299 g/mol. The third-order valence-electron chi connectivity index (χ3n) is 2.15. The van der Waals surface area contributed by atoms with Crippen LogP contribution in [-0.4, -0.2) is 42.0 Å². The fourth-order valence-corrected chi connectivity index (χ4v) is 1.31. The lowest BCUT2D eigenvalue weighted by Gasteiger charge is -2.09. The number of aromatic carboxylic acids is 1. The predicted octanol–water partition coefficient (Wildman–Crippen LogP) is 2.25. The second-order valence-corrected chi connectivity index (χ2v) is 3.76. The minimum atomic E-state index is -4.46. The molecule has 10 heteroatoms. The van der Waals surface area contributed by atoms with Gasteiger partial charge in [0.2, 0.25) is 0 Å². The Morgan fingerprint density at radius 2 is 2.00 bits per heavy atom. The lowest BCUT2D eigenvalue weighted by atomic mass is 10.2. The van der Waals surface area contributed by atoms with Crippen molar-refractivity contribution < 1.29 is 37.5 Å². The minimum Gasteiger partial charge on any atom is -0.484 e. The van der Waals surface area contributed by atoms with Gasteiger partial charge in [0.05, 0.1) is 17.1 Å². The van der Waals surface area contributed by atoms with Crippen LogP contribution in [0, 0.1) is 10.1 Å². The molecule has 0 amide bonds. The fourth-order valence-electron chi connectivity index (χ4n) is 1.31. The smallest absolute Gasteiger partial charge is 0.411 e. The molecule has 0 radical (unpaired) electrons. The number of rotatable bonds is 7. The number of hydrogen-bond acceptors (Lipinski definition) is 5. The Hall–Kier alpha value is -2.36. The van der Waals surface area contributed by atoms with Gasteiger partial charge in [0.25, 0.3) is 0 Å². The number of nitrogens with zero attached hydrogens (tertiary/aromatic N) is 1. The molecule has 0 fully saturated rings. The molecule has 116 valence electrons. The van der Waals surface area contributed by atoms with E-state index < -0.39 is 36.0 Å². The van der Waals surface area contributed by atoms with Crippen LogP contribution >= 0.6 is 0 Å². The first-order valence-corrected chi connectivity index (χ1v) is 5.50. The van der Waals surface area contributed by atoms with E-state index in [1.54, 1.807) is 0 Å². The molecule has 0 spiro atoms. The van der Waals surface area contributed by atoms with Gasteiger partial charge < -0.3 is 14.6 Å². The molecule has 1 N–H and O–H groups in total. The number of nitro benzene ring substituents is 1. The van der Waals surface area contributed by atoms with Gasteiger partial charge in [-0.25, -0.2) is 4.79 Å². The molecule has 0 atom stereocenters. The summed E-state index contributed by atoms with van der Waals surface area (Å²) in [5.74, 6) is -1.60. The highest BCUT2D eigenvalue weighted by atomic mass is 19.4. The van der Waals surface area contributed by atoms with Crippen LogP contribution in [0.4, 0.5) is 18.9 Å². The Balaban J connectivity index is 2.62. The van der Waals surface area contributed by atoms with Crippen LogP contribution in [0.2, 0.25) is 0 Å². The number of benzene rings is 1. The molecule has 1 aromatic rings. The molecule has 0 heterocycles. The molecule has 1 aromatic carbocycles. The van der Waals surface area contributed by atoms with Crippen molar-refractivity contribution in [3.63, 3.8) is 0 Å². The molecule has 21 heavy (non-hydrogen) atoms. The predicted molar refractivity (Wildman–Crippen MR) is 62.4 cm³/mol. The van der Waals surface area contributed by atoms with Crippen LogP contribution in [-0.2, 0) is 4.74 Å². The molecule has 0 saturated heterocycles. The Morgan fingerprint density at radius 3 is 2.52 bits per heavy atom. The number of ether oxygens (including phenoxy) is 2. The van der Waals surface area contributed by atoms with Crippen LogP contribution in [0.3, 0.4) is 0 Å². The van der Waals surface area contributed by atoms with E-state index in [0.717, 1.165) is 18.2 Å². The minimum absolute atomic E-state index is 0.249. The fraction of sp³-hybridized carbons (Fsp3) is 0.364. The van der Waals surface area contributed by atoms with E-state index >= 15 is 0 Å². The molecular formula is C11H10F3NO6. The SMILES string of the molecule is O=C(O)c1ccc(OCCOCC(F)(F)F)c([N+](=O)[O-])c1. The normalized spacial score (nSPS) is 11.2. The van der Waals surface area contributed by atoms with Gasteiger partial charge in [-0.05, 0) is 12.1 Å². The van der Waals surface area contributed by atoms with Crippen molar-refractivity contribution in [1.29, 1.82) is 0 Å². The third kappa shape index (κ3) is 5.65. The molecule has 0 aliphatic carbocycles. The summed E-state index contributed by atoms with van der Waals surface area (Å²) >= 11 is 0. The average Bonchev–Trinajstić information content (AvgIpc) is 2.36. The number of hydrogen-bond donors (Lipinski definition) is 1. The van der Waals surface area contributed by atoms with Gasteiger partial charge in [-0.15, -0.1) is 0 Å². The van der Waals surface area contributed by atoms with E-state index in [-0.39, 0.29) is 17.9 Å². The Bertz CT molecular complexity index is 531. The van der Waals surface area contributed by atoms with Crippen molar-refractivity contribution in [2.24, 2.45) is 0 Å². The van der Waals surface area contributed by atoms with E-state index in [0.29, 0.717) is 0 Å². The summed E-state index contributed by atoms with van der Waals surface area (Å²) in [7, 11) is 0. The van der Waals surface area contributed by atoms with E-state index in [1.165, 1.54) is 0 Å². The van der Waals surface area contributed by atoms with Crippen LogP contribution < -0.4 is 4.74 Å². The van der Waals surface area contributed by atoms with Gasteiger partial charge in [0.15, 0.2) is 5.75 Å². The summed E-state index contributed by atoms with van der Waals surface area (Å²) < 4.78 is 44.5. The van der Waals surface area contributed by atoms with E-state index in [4.69, 9.17) is 9.84 Å². The van der Waals surface area contributed by atoms with Gasteiger partial charge in [-0.2, -0.15) is 13.2 Å². The van der Waals surface area contributed by atoms with Crippen molar-refractivity contribution >= 4 is 11.7 Å². The number of nitro groups is 1. The summed E-state index contributed by atoms with van der Waals surface area (Å²) in [6, 6.07) is 2.95. The summed E-state index contributed by atoms with van der Waals surface area (Å²) in [6.07, 6.45) is -4.46. The molecule has 0 aromatic heterocycles. The maximum Gasteiger partial charge on any atom is 0.411 e. The lowest BCUT2D eigenvalue weighted by Crippen LogP contribution is -2.19. The van der Waals surface area contributed by atoms with Crippen molar-refractivity contribution in [3.8, 4) is 5.75 Å². The van der Waals surface area contributed by atoms with E-state index in [1.807, 2.05) is 0 Å². The highest BCUT2D eigenvalue weighted by Crippen LogP contribution is 2.28. The summed E-state index contributed by atoms with van der Waals surface area (Å²) in [6.45, 7) is -2.21. The number of alkyl halides is 3. The molecule has 0 unspecified atom stereocenters. The van der Waals surface area contributed by atoms with Crippen LogP contribution in [0.15, 0.2) is 18.2 Å². The maximum absolute atomic E-state index is 11.8. The molecule has 1 rings (SSSR count). The number of halogens is 3. The van der Waals surface area contributed by atoms with Crippen molar-refractivity contribution in [2.75, 3.05) is 19.8 Å². The van der Waals surface area contributed by atoms with E-state index in [2.05, 4.69) is 4.74 Å². The number of carboxylic acids is 1. The second kappa shape index (κ2) is 6.88. The van der Waals surface area contributed by atoms with Gasteiger partial charge in [-0.1, -0.05) is 0 Å². The molecule has 0 bridgehead atoms. The Labute approximate surface area is 116 Å². The first kappa shape index (κ1) is 16.7. The van der Waals surface area contributed by atoms with E-state index in [9.17, 15) is 28.1 Å². The second-order valence-electron chi connectivity index (χ2n) is 3.76. The topological polar surface area (TPSA) is 98.9 Å². The van der Waals surface area contributed by atoms with Crippen molar-refractivity contribution in [1.82, 2.24) is 0 Å². The lowest BCUT2D eigenvalue weighted by molar-refractivity contribution is -0.385. The molecule has 0 aliphatic heterocycles. The van der Waals surface area contributed by atoms with Crippen molar-refractivity contribution in [3.05, 3.63) is 33.9 Å². The Morgan fingerprint density at radius 1 is 1.33 bits per heavy atom. The summed E-state index contributed by atoms with van der Waals surface area (Å²) in [5.41, 5.74) is -0.895. The van der Waals surface area contributed by atoms with Gasteiger partial charge in [0, 0.05) is 6.07 Å². The zero-order chi connectivity index (χ0) is 16.0.